The SMILES string of the molecule is CC(=O)NCCN(Cc1n[nH]c(=O)c2ccccc12)Cc1n[nH]c(=O)c2ccccc12. The molecule has 9 nitrogen and oxygen atoms in total. The minimum atomic E-state index is -0.238. The molecule has 158 valence electrons. The van der Waals surface area contributed by atoms with Crippen LogP contribution in [0.25, 0.3) is 21.5 Å². The van der Waals surface area contributed by atoms with Crippen LogP contribution in [0, 0.1) is 0 Å². The summed E-state index contributed by atoms with van der Waals surface area (Å²) in [5.74, 6) is -0.111. The van der Waals surface area contributed by atoms with Crippen molar-refractivity contribution in [3.63, 3.8) is 0 Å². The summed E-state index contributed by atoms with van der Waals surface area (Å²) in [4.78, 5) is 37.6. The average Bonchev–Trinajstić information content (AvgIpc) is 2.77. The molecule has 9 heteroatoms. The first-order valence-electron chi connectivity index (χ1n) is 9.92. The van der Waals surface area contributed by atoms with Crippen molar-refractivity contribution in [2.24, 2.45) is 0 Å². The van der Waals surface area contributed by atoms with Crippen LogP contribution in [0.5, 0.6) is 0 Å². The number of nitrogens with zero attached hydrogens (tertiary/aromatic N) is 3. The van der Waals surface area contributed by atoms with Gasteiger partial charge in [0.25, 0.3) is 11.1 Å². The second-order valence-electron chi connectivity index (χ2n) is 7.28. The fraction of sp³-hybridized carbons (Fsp3) is 0.227. The van der Waals surface area contributed by atoms with E-state index in [0.717, 1.165) is 10.8 Å². The second kappa shape index (κ2) is 8.88. The molecule has 0 bridgehead atoms. The zero-order valence-electron chi connectivity index (χ0n) is 17.0. The highest BCUT2D eigenvalue weighted by atomic mass is 16.1. The second-order valence-corrected chi connectivity index (χ2v) is 7.28. The molecular formula is C22H22N6O3. The van der Waals surface area contributed by atoms with Crippen molar-refractivity contribution in [2.75, 3.05) is 13.1 Å². The van der Waals surface area contributed by atoms with Crippen LogP contribution in [-0.2, 0) is 17.9 Å². The monoisotopic (exact) mass is 418 g/mol. The number of amides is 1. The van der Waals surface area contributed by atoms with E-state index in [-0.39, 0.29) is 17.0 Å². The van der Waals surface area contributed by atoms with Gasteiger partial charge in [-0.3, -0.25) is 19.3 Å². The van der Waals surface area contributed by atoms with Gasteiger partial charge in [-0.15, -0.1) is 0 Å². The van der Waals surface area contributed by atoms with Gasteiger partial charge >= 0.3 is 0 Å². The number of hydrogen-bond acceptors (Lipinski definition) is 6. The summed E-state index contributed by atoms with van der Waals surface area (Å²) in [5.41, 5.74) is 0.952. The largest absolute Gasteiger partial charge is 0.355 e. The summed E-state index contributed by atoms with van der Waals surface area (Å²) < 4.78 is 0. The maximum Gasteiger partial charge on any atom is 0.272 e. The van der Waals surface area contributed by atoms with Gasteiger partial charge in [0.15, 0.2) is 0 Å². The standard InChI is InChI=1S/C22H22N6O3/c1-14(29)23-10-11-28(12-19-15-6-2-4-8-17(15)21(30)26-24-19)13-20-16-7-3-5-9-18(16)22(31)27-25-20/h2-9H,10-13H2,1H3,(H,23,29)(H,26,30)(H,27,31). The van der Waals surface area contributed by atoms with Crippen LogP contribution in [0.2, 0.25) is 0 Å². The zero-order valence-corrected chi connectivity index (χ0v) is 17.0. The van der Waals surface area contributed by atoms with E-state index < -0.39 is 0 Å². The van der Waals surface area contributed by atoms with Gasteiger partial charge in [0.05, 0.1) is 22.2 Å². The number of hydrogen-bond donors (Lipinski definition) is 3. The van der Waals surface area contributed by atoms with Crippen LogP contribution in [-0.4, -0.2) is 44.3 Å². The van der Waals surface area contributed by atoms with Gasteiger partial charge in [-0.25, -0.2) is 10.2 Å². The molecular weight excluding hydrogens is 396 g/mol. The van der Waals surface area contributed by atoms with Crippen LogP contribution < -0.4 is 16.4 Å². The van der Waals surface area contributed by atoms with Crippen molar-refractivity contribution in [1.82, 2.24) is 30.6 Å². The van der Waals surface area contributed by atoms with Gasteiger partial charge < -0.3 is 5.32 Å². The molecule has 2 heterocycles. The molecule has 4 rings (SSSR count). The van der Waals surface area contributed by atoms with E-state index in [4.69, 9.17) is 0 Å². The van der Waals surface area contributed by atoms with E-state index in [1.54, 1.807) is 12.1 Å². The van der Waals surface area contributed by atoms with Gasteiger partial charge in [-0.2, -0.15) is 10.2 Å². The fourth-order valence-electron chi connectivity index (χ4n) is 3.61. The number of carbonyl (C=O) groups excluding carboxylic acids is 1. The third kappa shape index (κ3) is 4.51. The Morgan fingerprint density at radius 2 is 1.29 bits per heavy atom. The number of aromatic amines is 2. The first-order chi connectivity index (χ1) is 15.0. The predicted octanol–water partition coefficient (Wildman–Crippen LogP) is 1.30. The Morgan fingerprint density at radius 3 is 1.74 bits per heavy atom. The number of rotatable bonds is 7. The molecule has 31 heavy (non-hydrogen) atoms. The summed E-state index contributed by atoms with van der Waals surface area (Å²) in [6.07, 6.45) is 0. The first-order valence-corrected chi connectivity index (χ1v) is 9.92. The van der Waals surface area contributed by atoms with E-state index in [2.05, 4.69) is 30.6 Å². The molecule has 2 aromatic heterocycles. The van der Waals surface area contributed by atoms with Gasteiger partial charge in [0.1, 0.15) is 0 Å². The predicted molar refractivity (Wildman–Crippen MR) is 118 cm³/mol. The highest BCUT2D eigenvalue weighted by Crippen LogP contribution is 2.18. The number of aromatic nitrogens is 4. The highest BCUT2D eigenvalue weighted by Gasteiger charge is 2.15. The molecule has 1 amide bonds. The minimum absolute atomic E-state index is 0.111. The first kappa shape index (κ1) is 20.4. The molecule has 0 aliphatic carbocycles. The third-order valence-corrected chi connectivity index (χ3v) is 5.10. The third-order valence-electron chi connectivity index (χ3n) is 5.10. The van der Waals surface area contributed by atoms with E-state index >= 15 is 0 Å². The Balaban J connectivity index is 1.68. The van der Waals surface area contributed by atoms with E-state index in [1.165, 1.54) is 6.92 Å². The van der Waals surface area contributed by atoms with Crippen molar-refractivity contribution in [2.45, 2.75) is 20.0 Å². The topological polar surface area (TPSA) is 124 Å². The van der Waals surface area contributed by atoms with Crippen molar-refractivity contribution in [3.05, 3.63) is 80.6 Å². The molecule has 0 aliphatic rings. The Labute approximate surface area is 177 Å². The maximum absolute atomic E-state index is 12.1. The smallest absolute Gasteiger partial charge is 0.272 e. The van der Waals surface area contributed by atoms with Crippen LogP contribution in [0.3, 0.4) is 0 Å². The molecule has 0 unspecified atom stereocenters. The Bertz CT molecular complexity index is 1270. The number of carbonyl (C=O) groups is 1. The molecule has 4 aromatic rings. The lowest BCUT2D eigenvalue weighted by Crippen LogP contribution is -2.34. The molecule has 2 aromatic carbocycles. The van der Waals surface area contributed by atoms with Gasteiger partial charge in [0.2, 0.25) is 5.91 Å². The van der Waals surface area contributed by atoms with Crippen molar-refractivity contribution >= 4 is 27.5 Å². The summed E-state index contributed by atoms with van der Waals surface area (Å²) >= 11 is 0. The van der Waals surface area contributed by atoms with Crippen molar-refractivity contribution in [3.8, 4) is 0 Å². The quantitative estimate of drug-likeness (QED) is 0.416. The van der Waals surface area contributed by atoms with Crippen LogP contribution in [0.4, 0.5) is 0 Å². The molecule has 0 fully saturated rings. The van der Waals surface area contributed by atoms with Crippen LogP contribution in [0.1, 0.15) is 18.3 Å². The number of H-pyrrole nitrogens is 2. The Kier molecular flexibility index (Phi) is 5.85. The lowest BCUT2D eigenvalue weighted by Gasteiger charge is -2.22. The van der Waals surface area contributed by atoms with Gasteiger partial charge in [-0.05, 0) is 12.1 Å². The van der Waals surface area contributed by atoms with E-state index in [0.29, 0.717) is 48.3 Å². The van der Waals surface area contributed by atoms with Crippen LogP contribution in [0.15, 0.2) is 58.1 Å². The summed E-state index contributed by atoms with van der Waals surface area (Å²) in [7, 11) is 0. The average molecular weight is 418 g/mol. The molecule has 0 spiro atoms. The molecule has 0 atom stereocenters. The molecule has 0 saturated carbocycles. The molecule has 0 radical (unpaired) electrons. The summed E-state index contributed by atoms with van der Waals surface area (Å²) in [5, 5.41) is 19.1. The van der Waals surface area contributed by atoms with E-state index in [9.17, 15) is 14.4 Å². The lowest BCUT2D eigenvalue weighted by molar-refractivity contribution is -0.119. The summed E-state index contributed by atoms with van der Waals surface area (Å²) in [6, 6.07) is 14.6. The number of fused-ring (bicyclic) bond motifs is 2. The lowest BCUT2D eigenvalue weighted by atomic mass is 10.1. The van der Waals surface area contributed by atoms with E-state index in [1.807, 2.05) is 36.4 Å². The summed E-state index contributed by atoms with van der Waals surface area (Å²) in [6.45, 7) is 3.29. The minimum Gasteiger partial charge on any atom is -0.355 e. The van der Waals surface area contributed by atoms with Crippen LogP contribution >= 0.6 is 0 Å². The zero-order chi connectivity index (χ0) is 21.8. The molecule has 0 saturated heterocycles. The number of benzene rings is 2. The number of nitrogens with one attached hydrogen (secondary N) is 3. The van der Waals surface area contributed by atoms with Gasteiger partial charge in [-0.1, -0.05) is 36.4 Å². The molecule has 3 N–H and O–H groups in total. The highest BCUT2D eigenvalue weighted by molar-refractivity contribution is 5.84. The normalized spacial score (nSPS) is 11.3. The van der Waals surface area contributed by atoms with Crippen molar-refractivity contribution in [1.29, 1.82) is 0 Å². The molecule has 0 aliphatic heterocycles. The maximum atomic E-state index is 12.1. The fourth-order valence-corrected chi connectivity index (χ4v) is 3.61. The Morgan fingerprint density at radius 1 is 0.839 bits per heavy atom. The van der Waals surface area contributed by atoms with Crippen molar-refractivity contribution < 1.29 is 4.79 Å². The Hall–Kier alpha value is -3.85. The van der Waals surface area contributed by atoms with Gasteiger partial charge in [0, 0.05) is 43.9 Å².